The second-order valence-electron chi connectivity index (χ2n) is 4.87. The number of nitrogens with zero attached hydrogens (tertiary/aromatic N) is 1. The van der Waals surface area contributed by atoms with E-state index in [4.69, 9.17) is 11.5 Å². The summed E-state index contributed by atoms with van der Waals surface area (Å²) in [6.07, 6.45) is 7.71. The molecule has 0 amide bonds. The summed E-state index contributed by atoms with van der Waals surface area (Å²) >= 11 is 0. The van der Waals surface area contributed by atoms with E-state index >= 15 is 0 Å². The van der Waals surface area contributed by atoms with Gasteiger partial charge in [0.1, 0.15) is 5.78 Å². The SMILES string of the molecule is NCC1(C(=O)Cc2cnccc2N)CCCC1. The van der Waals surface area contributed by atoms with Crippen molar-refractivity contribution in [2.24, 2.45) is 11.1 Å². The Morgan fingerprint density at radius 3 is 2.71 bits per heavy atom. The third-order valence-electron chi connectivity index (χ3n) is 3.84. The molecule has 1 aliphatic carbocycles. The summed E-state index contributed by atoms with van der Waals surface area (Å²) in [5, 5.41) is 0. The van der Waals surface area contributed by atoms with Gasteiger partial charge in [0.05, 0.1) is 0 Å². The fraction of sp³-hybridized carbons (Fsp3) is 0.538. The van der Waals surface area contributed by atoms with Gasteiger partial charge in [0.25, 0.3) is 0 Å². The van der Waals surface area contributed by atoms with Crippen LogP contribution in [0.4, 0.5) is 5.69 Å². The lowest BCUT2D eigenvalue weighted by molar-refractivity contribution is -0.127. The number of carbonyl (C=O) groups excluding carboxylic acids is 1. The Bertz CT molecular complexity index is 411. The average Bonchev–Trinajstić information content (AvgIpc) is 2.82. The molecular formula is C13H19N3O. The molecule has 0 bridgehead atoms. The van der Waals surface area contributed by atoms with Crippen molar-refractivity contribution < 1.29 is 4.79 Å². The maximum atomic E-state index is 12.4. The monoisotopic (exact) mass is 233 g/mol. The van der Waals surface area contributed by atoms with Gasteiger partial charge in [0, 0.05) is 42.0 Å². The summed E-state index contributed by atoms with van der Waals surface area (Å²) in [5.74, 6) is 0.220. The highest BCUT2D eigenvalue weighted by molar-refractivity contribution is 5.88. The first-order valence-corrected chi connectivity index (χ1v) is 6.10. The summed E-state index contributed by atoms with van der Waals surface area (Å²) in [4.78, 5) is 16.4. The van der Waals surface area contributed by atoms with Gasteiger partial charge in [-0.05, 0) is 18.9 Å². The number of Topliss-reactive ketones (excluding diaryl/α,β-unsaturated/α-hetero) is 1. The molecule has 4 N–H and O–H groups in total. The maximum Gasteiger partial charge on any atom is 0.144 e. The number of pyridine rings is 1. The van der Waals surface area contributed by atoms with Gasteiger partial charge in [0.15, 0.2) is 0 Å². The molecule has 92 valence electrons. The van der Waals surface area contributed by atoms with Crippen molar-refractivity contribution in [2.75, 3.05) is 12.3 Å². The van der Waals surface area contributed by atoms with Crippen LogP contribution in [-0.2, 0) is 11.2 Å². The normalized spacial score (nSPS) is 18.2. The summed E-state index contributed by atoms with van der Waals surface area (Å²) < 4.78 is 0. The predicted octanol–water partition coefficient (Wildman–Crippen LogP) is 1.29. The zero-order valence-electron chi connectivity index (χ0n) is 9.98. The highest BCUT2D eigenvalue weighted by Gasteiger charge is 2.39. The van der Waals surface area contributed by atoms with Crippen LogP contribution in [0, 0.1) is 5.41 Å². The lowest BCUT2D eigenvalue weighted by atomic mass is 9.79. The van der Waals surface area contributed by atoms with Gasteiger partial charge in [-0.15, -0.1) is 0 Å². The third-order valence-corrected chi connectivity index (χ3v) is 3.84. The fourth-order valence-electron chi connectivity index (χ4n) is 2.59. The molecule has 0 unspecified atom stereocenters. The highest BCUT2D eigenvalue weighted by atomic mass is 16.1. The number of nitrogen functional groups attached to an aromatic ring is 1. The highest BCUT2D eigenvalue weighted by Crippen LogP contribution is 2.38. The summed E-state index contributed by atoms with van der Waals surface area (Å²) in [6, 6.07) is 1.73. The Labute approximate surface area is 101 Å². The van der Waals surface area contributed by atoms with Gasteiger partial charge in [0.2, 0.25) is 0 Å². The smallest absolute Gasteiger partial charge is 0.144 e. The van der Waals surface area contributed by atoms with Crippen molar-refractivity contribution in [3.8, 4) is 0 Å². The van der Waals surface area contributed by atoms with E-state index in [-0.39, 0.29) is 11.2 Å². The van der Waals surface area contributed by atoms with Crippen molar-refractivity contribution in [3.05, 3.63) is 24.0 Å². The van der Waals surface area contributed by atoms with Gasteiger partial charge in [-0.3, -0.25) is 9.78 Å². The van der Waals surface area contributed by atoms with Crippen LogP contribution in [0.15, 0.2) is 18.5 Å². The Balaban J connectivity index is 2.14. The van der Waals surface area contributed by atoms with Crippen LogP contribution in [0.3, 0.4) is 0 Å². The van der Waals surface area contributed by atoms with Crippen molar-refractivity contribution in [2.45, 2.75) is 32.1 Å². The van der Waals surface area contributed by atoms with Crippen LogP contribution in [-0.4, -0.2) is 17.3 Å². The molecule has 4 heteroatoms. The van der Waals surface area contributed by atoms with E-state index in [9.17, 15) is 4.79 Å². The van der Waals surface area contributed by atoms with Gasteiger partial charge < -0.3 is 11.5 Å². The van der Waals surface area contributed by atoms with Gasteiger partial charge in [-0.2, -0.15) is 0 Å². The maximum absolute atomic E-state index is 12.4. The molecular weight excluding hydrogens is 214 g/mol. The number of hydrogen-bond donors (Lipinski definition) is 2. The van der Waals surface area contributed by atoms with Crippen LogP contribution < -0.4 is 11.5 Å². The second-order valence-corrected chi connectivity index (χ2v) is 4.87. The van der Waals surface area contributed by atoms with E-state index in [0.29, 0.717) is 18.7 Å². The Kier molecular flexibility index (Phi) is 3.43. The second kappa shape index (κ2) is 4.84. The zero-order chi connectivity index (χ0) is 12.3. The molecule has 4 nitrogen and oxygen atoms in total. The molecule has 0 aliphatic heterocycles. The molecule has 1 aliphatic rings. The molecule has 0 radical (unpaired) electrons. The predicted molar refractivity (Wildman–Crippen MR) is 67.3 cm³/mol. The van der Waals surface area contributed by atoms with Crippen LogP contribution in [0.5, 0.6) is 0 Å². The van der Waals surface area contributed by atoms with Crippen molar-refractivity contribution in [1.29, 1.82) is 0 Å². The lowest BCUT2D eigenvalue weighted by Crippen LogP contribution is -2.37. The van der Waals surface area contributed by atoms with E-state index in [0.717, 1.165) is 31.2 Å². The lowest BCUT2D eigenvalue weighted by Gasteiger charge is -2.25. The molecule has 1 aromatic heterocycles. The molecule has 1 fully saturated rings. The number of hydrogen-bond acceptors (Lipinski definition) is 4. The summed E-state index contributed by atoms with van der Waals surface area (Å²) in [7, 11) is 0. The molecule has 1 heterocycles. The van der Waals surface area contributed by atoms with Gasteiger partial charge in [-0.1, -0.05) is 12.8 Å². The van der Waals surface area contributed by atoms with Gasteiger partial charge in [-0.25, -0.2) is 0 Å². The number of anilines is 1. The minimum absolute atomic E-state index is 0.220. The zero-order valence-corrected chi connectivity index (χ0v) is 9.98. The van der Waals surface area contributed by atoms with Crippen LogP contribution in [0.2, 0.25) is 0 Å². The molecule has 1 aromatic rings. The molecule has 2 rings (SSSR count). The first kappa shape index (κ1) is 12.0. The van der Waals surface area contributed by atoms with E-state index in [1.165, 1.54) is 0 Å². The number of rotatable bonds is 4. The van der Waals surface area contributed by atoms with Crippen molar-refractivity contribution in [1.82, 2.24) is 4.98 Å². The number of aromatic nitrogens is 1. The van der Waals surface area contributed by atoms with Crippen LogP contribution in [0.25, 0.3) is 0 Å². The number of carbonyl (C=O) groups is 1. The van der Waals surface area contributed by atoms with E-state index in [2.05, 4.69) is 4.98 Å². The minimum Gasteiger partial charge on any atom is -0.398 e. The number of nitrogens with two attached hydrogens (primary N) is 2. The first-order valence-electron chi connectivity index (χ1n) is 6.10. The largest absolute Gasteiger partial charge is 0.398 e. The van der Waals surface area contributed by atoms with E-state index < -0.39 is 0 Å². The fourth-order valence-corrected chi connectivity index (χ4v) is 2.59. The summed E-state index contributed by atoms with van der Waals surface area (Å²) in [6.45, 7) is 0.450. The molecule has 1 saturated carbocycles. The summed E-state index contributed by atoms with van der Waals surface area (Å²) in [5.41, 5.74) is 12.8. The van der Waals surface area contributed by atoms with Crippen molar-refractivity contribution >= 4 is 11.5 Å². The van der Waals surface area contributed by atoms with E-state index in [1.807, 2.05) is 0 Å². The topological polar surface area (TPSA) is 82.0 Å². The van der Waals surface area contributed by atoms with Gasteiger partial charge >= 0.3 is 0 Å². The Hall–Kier alpha value is -1.42. The van der Waals surface area contributed by atoms with Crippen LogP contribution in [0.1, 0.15) is 31.2 Å². The molecule has 17 heavy (non-hydrogen) atoms. The Morgan fingerprint density at radius 1 is 1.41 bits per heavy atom. The minimum atomic E-state index is -0.303. The van der Waals surface area contributed by atoms with Crippen LogP contribution >= 0.6 is 0 Å². The standard InChI is InChI=1S/C13H19N3O/c14-9-13(4-1-2-5-13)12(17)7-10-8-16-6-3-11(10)15/h3,6,8H,1-2,4-5,7,9,14H2,(H2,15,16). The molecule has 0 atom stereocenters. The Morgan fingerprint density at radius 2 is 2.12 bits per heavy atom. The third kappa shape index (κ3) is 2.31. The first-order chi connectivity index (χ1) is 8.18. The molecule has 0 aromatic carbocycles. The number of ketones is 1. The van der Waals surface area contributed by atoms with Crippen molar-refractivity contribution in [3.63, 3.8) is 0 Å². The average molecular weight is 233 g/mol. The molecule has 0 spiro atoms. The quantitative estimate of drug-likeness (QED) is 0.821. The van der Waals surface area contributed by atoms with E-state index in [1.54, 1.807) is 18.5 Å². The molecule has 0 saturated heterocycles.